The number of rotatable bonds is 5. The lowest BCUT2D eigenvalue weighted by Gasteiger charge is -2.19. The fourth-order valence-electron chi connectivity index (χ4n) is 2.60. The molecule has 1 aliphatic rings. The summed E-state index contributed by atoms with van der Waals surface area (Å²) in [4.78, 5) is 0. The van der Waals surface area contributed by atoms with Crippen LogP contribution in [0.25, 0.3) is 0 Å². The lowest BCUT2D eigenvalue weighted by atomic mass is 10.1. The van der Waals surface area contributed by atoms with Crippen LogP contribution in [0.15, 0.2) is 18.2 Å². The lowest BCUT2D eigenvalue weighted by Crippen LogP contribution is -2.40. The second-order valence-corrected chi connectivity index (χ2v) is 7.73. The van der Waals surface area contributed by atoms with E-state index in [9.17, 15) is 8.42 Å². The molecule has 1 saturated carbocycles. The summed E-state index contributed by atoms with van der Waals surface area (Å²) >= 11 is 11.7. The summed E-state index contributed by atoms with van der Waals surface area (Å²) in [5, 5.41) is 0.778. The number of hydrogen-bond acceptors (Lipinski definition) is 3. The lowest BCUT2D eigenvalue weighted by molar-refractivity contribution is 0.452. The zero-order chi connectivity index (χ0) is 14.8. The highest BCUT2D eigenvalue weighted by Crippen LogP contribution is 2.26. The molecule has 1 aromatic rings. The van der Waals surface area contributed by atoms with Crippen molar-refractivity contribution in [3.05, 3.63) is 33.8 Å². The van der Waals surface area contributed by atoms with Crippen molar-refractivity contribution in [2.45, 2.75) is 31.1 Å². The summed E-state index contributed by atoms with van der Waals surface area (Å²) in [5.74, 6) is 0.135. The van der Waals surface area contributed by atoms with Crippen LogP contribution in [0.2, 0.25) is 10.0 Å². The molecule has 0 radical (unpaired) electrons. The van der Waals surface area contributed by atoms with Gasteiger partial charge >= 0.3 is 0 Å². The van der Waals surface area contributed by atoms with Crippen molar-refractivity contribution in [1.29, 1.82) is 0 Å². The van der Waals surface area contributed by atoms with Gasteiger partial charge < -0.3 is 5.73 Å². The largest absolute Gasteiger partial charge is 0.330 e. The van der Waals surface area contributed by atoms with E-state index in [4.69, 9.17) is 28.9 Å². The monoisotopic (exact) mass is 336 g/mol. The Morgan fingerprint density at radius 2 is 2.00 bits per heavy atom. The third kappa shape index (κ3) is 4.09. The van der Waals surface area contributed by atoms with Gasteiger partial charge in [0, 0.05) is 6.04 Å². The molecule has 2 unspecified atom stereocenters. The fraction of sp³-hybridized carbons (Fsp3) is 0.538. The first-order valence-electron chi connectivity index (χ1n) is 6.55. The van der Waals surface area contributed by atoms with Crippen LogP contribution in [0.1, 0.15) is 24.8 Å². The minimum atomic E-state index is -3.40. The van der Waals surface area contributed by atoms with Gasteiger partial charge in [0.05, 0.1) is 15.8 Å². The minimum Gasteiger partial charge on any atom is -0.330 e. The van der Waals surface area contributed by atoms with E-state index in [1.54, 1.807) is 18.2 Å². The molecule has 2 atom stereocenters. The molecule has 0 aliphatic heterocycles. The molecule has 0 spiro atoms. The average molecular weight is 337 g/mol. The van der Waals surface area contributed by atoms with E-state index in [0.29, 0.717) is 22.2 Å². The van der Waals surface area contributed by atoms with E-state index in [0.717, 1.165) is 19.3 Å². The molecule has 2 rings (SSSR count). The number of nitrogens with two attached hydrogens (primary N) is 1. The van der Waals surface area contributed by atoms with Gasteiger partial charge in [0.1, 0.15) is 0 Å². The molecule has 7 heteroatoms. The van der Waals surface area contributed by atoms with Crippen molar-refractivity contribution in [2.24, 2.45) is 11.7 Å². The zero-order valence-electron chi connectivity index (χ0n) is 11.0. The molecule has 112 valence electrons. The molecule has 0 aromatic heterocycles. The predicted molar refractivity (Wildman–Crippen MR) is 82.4 cm³/mol. The van der Waals surface area contributed by atoms with E-state index in [1.165, 1.54) is 0 Å². The molecule has 0 amide bonds. The van der Waals surface area contributed by atoms with Crippen LogP contribution in [0.4, 0.5) is 0 Å². The highest BCUT2D eigenvalue weighted by Gasteiger charge is 2.29. The topological polar surface area (TPSA) is 72.2 Å². The smallest absolute Gasteiger partial charge is 0.216 e. The van der Waals surface area contributed by atoms with E-state index in [1.807, 2.05) is 0 Å². The molecule has 0 bridgehead atoms. The average Bonchev–Trinajstić information content (AvgIpc) is 2.80. The Labute approximate surface area is 129 Å². The van der Waals surface area contributed by atoms with Crippen molar-refractivity contribution < 1.29 is 8.42 Å². The molecule has 0 saturated heterocycles. The van der Waals surface area contributed by atoms with Crippen LogP contribution >= 0.6 is 23.2 Å². The maximum Gasteiger partial charge on any atom is 0.216 e. The second kappa shape index (κ2) is 6.62. The molecule has 1 aromatic carbocycles. The van der Waals surface area contributed by atoms with Crippen molar-refractivity contribution in [2.75, 3.05) is 6.54 Å². The number of nitrogens with one attached hydrogen (secondary N) is 1. The fourth-order valence-corrected chi connectivity index (χ4v) is 4.39. The van der Waals surface area contributed by atoms with Crippen LogP contribution in [0.5, 0.6) is 0 Å². The Kier molecular flexibility index (Phi) is 5.31. The number of sulfonamides is 1. The Morgan fingerprint density at radius 1 is 1.25 bits per heavy atom. The molecule has 3 N–H and O–H groups in total. The van der Waals surface area contributed by atoms with Gasteiger partial charge in [0.25, 0.3) is 0 Å². The summed E-state index contributed by atoms with van der Waals surface area (Å²) in [6.07, 6.45) is 2.85. The van der Waals surface area contributed by atoms with Gasteiger partial charge in [-0.25, -0.2) is 13.1 Å². The Hall–Kier alpha value is -0.330. The van der Waals surface area contributed by atoms with Gasteiger partial charge in [0.15, 0.2) is 0 Å². The van der Waals surface area contributed by atoms with Crippen LogP contribution in [-0.4, -0.2) is 21.0 Å². The van der Waals surface area contributed by atoms with Crippen molar-refractivity contribution >= 4 is 33.2 Å². The first kappa shape index (κ1) is 16.0. The standard InChI is InChI=1S/C13H18Cl2N2O2S/c14-11-5-4-9(6-12(11)15)8-20(18,19)17-13-3-1-2-10(13)7-16/h4-6,10,13,17H,1-3,7-8,16H2. The molecule has 1 aliphatic carbocycles. The number of benzene rings is 1. The van der Waals surface area contributed by atoms with E-state index >= 15 is 0 Å². The molecule has 20 heavy (non-hydrogen) atoms. The highest BCUT2D eigenvalue weighted by atomic mass is 35.5. The summed E-state index contributed by atoms with van der Waals surface area (Å²) in [7, 11) is -3.40. The predicted octanol–water partition coefficient (Wildman–Crippen LogP) is 2.54. The van der Waals surface area contributed by atoms with Crippen molar-refractivity contribution in [1.82, 2.24) is 4.72 Å². The SMILES string of the molecule is NCC1CCCC1NS(=O)(=O)Cc1ccc(Cl)c(Cl)c1. The molecule has 1 fully saturated rings. The van der Waals surface area contributed by atoms with Crippen LogP contribution in [0, 0.1) is 5.92 Å². The van der Waals surface area contributed by atoms with Gasteiger partial charge in [-0.3, -0.25) is 0 Å². The van der Waals surface area contributed by atoms with Gasteiger partial charge in [-0.2, -0.15) is 0 Å². The first-order valence-corrected chi connectivity index (χ1v) is 8.96. The molecular weight excluding hydrogens is 319 g/mol. The molecule has 0 heterocycles. The third-order valence-corrected chi connectivity index (χ3v) is 5.75. The third-order valence-electron chi connectivity index (χ3n) is 3.63. The van der Waals surface area contributed by atoms with E-state index in [2.05, 4.69) is 4.72 Å². The first-order chi connectivity index (χ1) is 9.41. The second-order valence-electron chi connectivity index (χ2n) is 5.16. The highest BCUT2D eigenvalue weighted by molar-refractivity contribution is 7.88. The van der Waals surface area contributed by atoms with E-state index in [-0.39, 0.29) is 17.7 Å². The van der Waals surface area contributed by atoms with Gasteiger partial charge in [-0.15, -0.1) is 0 Å². The van der Waals surface area contributed by atoms with Gasteiger partial charge in [-0.1, -0.05) is 35.7 Å². The Balaban J connectivity index is 2.05. The number of halogens is 2. The maximum atomic E-state index is 12.2. The summed E-state index contributed by atoms with van der Waals surface area (Å²) < 4.78 is 27.1. The zero-order valence-corrected chi connectivity index (χ0v) is 13.3. The van der Waals surface area contributed by atoms with Gasteiger partial charge in [-0.05, 0) is 43.0 Å². The molecule has 4 nitrogen and oxygen atoms in total. The normalized spacial score (nSPS) is 23.1. The van der Waals surface area contributed by atoms with Crippen LogP contribution < -0.4 is 10.5 Å². The summed E-state index contributed by atoms with van der Waals surface area (Å²) in [5.41, 5.74) is 6.28. The van der Waals surface area contributed by atoms with Crippen molar-refractivity contribution in [3.8, 4) is 0 Å². The van der Waals surface area contributed by atoms with Crippen LogP contribution in [-0.2, 0) is 15.8 Å². The van der Waals surface area contributed by atoms with Crippen molar-refractivity contribution in [3.63, 3.8) is 0 Å². The number of hydrogen-bond donors (Lipinski definition) is 2. The Bertz CT molecular complexity index is 578. The quantitative estimate of drug-likeness (QED) is 0.867. The van der Waals surface area contributed by atoms with E-state index < -0.39 is 10.0 Å². The maximum absolute atomic E-state index is 12.2. The minimum absolute atomic E-state index is 0.0484. The molecular formula is C13H18Cl2N2O2S. The van der Waals surface area contributed by atoms with Gasteiger partial charge in [0.2, 0.25) is 10.0 Å². The summed E-state index contributed by atoms with van der Waals surface area (Å²) in [6.45, 7) is 0.514. The van der Waals surface area contributed by atoms with Crippen LogP contribution in [0.3, 0.4) is 0 Å². The Morgan fingerprint density at radius 3 is 2.65 bits per heavy atom. The summed E-state index contributed by atoms with van der Waals surface area (Å²) in [6, 6.07) is 4.81.